The van der Waals surface area contributed by atoms with Crippen LogP contribution in [0.2, 0.25) is 0 Å². The number of hydrogen-bond donors (Lipinski definition) is 1. The third-order valence-electron chi connectivity index (χ3n) is 2.75. The van der Waals surface area contributed by atoms with Gasteiger partial charge in [-0.3, -0.25) is 4.79 Å². The first-order valence-electron chi connectivity index (χ1n) is 5.44. The van der Waals surface area contributed by atoms with Crippen LogP contribution in [0.25, 0.3) is 10.8 Å². The van der Waals surface area contributed by atoms with Crippen LogP contribution in [0.5, 0.6) is 0 Å². The number of aromatic nitrogens is 1. The van der Waals surface area contributed by atoms with Gasteiger partial charge in [0.15, 0.2) is 0 Å². The fourth-order valence-corrected chi connectivity index (χ4v) is 1.94. The molecule has 0 unspecified atom stereocenters. The zero-order valence-corrected chi connectivity index (χ0v) is 9.43. The van der Waals surface area contributed by atoms with E-state index >= 15 is 0 Å². The monoisotopic (exact) mass is 219 g/mol. The molecule has 1 heterocycles. The maximum Gasteiger partial charge on any atom is 0.259 e. The fraction of sp³-hybridized carbons (Fsp3) is 0.308. The fourth-order valence-electron chi connectivity index (χ4n) is 1.94. The average molecular weight is 219 g/mol. The molecule has 84 valence electrons. The third kappa shape index (κ3) is 1.73. The Morgan fingerprint density at radius 1 is 1.38 bits per heavy atom. The summed E-state index contributed by atoms with van der Waals surface area (Å²) in [5.41, 5.74) is 1.47. The lowest BCUT2D eigenvalue weighted by Crippen LogP contribution is -2.11. The van der Waals surface area contributed by atoms with Gasteiger partial charge in [-0.1, -0.05) is 19.4 Å². The van der Waals surface area contributed by atoms with Crippen LogP contribution in [0.3, 0.4) is 0 Å². The van der Waals surface area contributed by atoms with E-state index in [2.05, 4.69) is 4.98 Å². The van der Waals surface area contributed by atoms with E-state index in [4.69, 9.17) is 0 Å². The molecule has 2 rings (SSSR count). The number of pyridine rings is 1. The minimum absolute atomic E-state index is 0.167. The molecule has 1 aromatic heterocycles. The summed E-state index contributed by atoms with van der Waals surface area (Å²) in [6.45, 7) is 3.93. The van der Waals surface area contributed by atoms with E-state index in [1.165, 1.54) is 6.07 Å². The standard InChI is InChI=1S/C13H14FNO/c1-3-4-9-7-10-8(2)5-6-11(14)12(10)13(16)15-9/h5-7H,3-4H2,1-2H3,(H,15,16). The highest BCUT2D eigenvalue weighted by Crippen LogP contribution is 2.19. The van der Waals surface area contributed by atoms with Crippen molar-refractivity contribution in [1.29, 1.82) is 0 Å². The number of H-pyrrole nitrogens is 1. The Balaban J connectivity index is 2.81. The molecule has 0 spiro atoms. The second-order valence-corrected chi connectivity index (χ2v) is 4.03. The number of rotatable bonds is 2. The van der Waals surface area contributed by atoms with Crippen LogP contribution in [-0.2, 0) is 6.42 Å². The minimum atomic E-state index is -0.454. The summed E-state index contributed by atoms with van der Waals surface area (Å²) in [4.78, 5) is 14.5. The van der Waals surface area contributed by atoms with Crippen molar-refractivity contribution < 1.29 is 4.39 Å². The Labute approximate surface area is 93.1 Å². The summed E-state index contributed by atoms with van der Waals surface area (Å²) >= 11 is 0. The molecule has 16 heavy (non-hydrogen) atoms. The topological polar surface area (TPSA) is 32.9 Å². The van der Waals surface area contributed by atoms with Crippen LogP contribution >= 0.6 is 0 Å². The van der Waals surface area contributed by atoms with Gasteiger partial charge in [0.1, 0.15) is 5.82 Å². The predicted octanol–water partition coefficient (Wildman–Crippen LogP) is 2.93. The van der Waals surface area contributed by atoms with Crippen molar-refractivity contribution in [3.63, 3.8) is 0 Å². The maximum atomic E-state index is 13.5. The third-order valence-corrected chi connectivity index (χ3v) is 2.75. The van der Waals surface area contributed by atoms with E-state index in [0.29, 0.717) is 5.39 Å². The van der Waals surface area contributed by atoms with Crippen LogP contribution in [0.4, 0.5) is 4.39 Å². The lowest BCUT2D eigenvalue weighted by atomic mass is 10.0. The molecule has 0 aliphatic rings. The average Bonchev–Trinajstić information content (AvgIpc) is 2.23. The zero-order valence-electron chi connectivity index (χ0n) is 9.43. The van der Waals surface area contributed by atoms with E-state index in [9.17, 15) is 9.18 Å². The second-order valence-electron chi connectivity index (χ2n) is 4.03. The van der Waals surface area contributed by atoms with Gasteiger partial charge < -0.3 is 4.98 Å². The SMILES string of the molecule is CCCc1cc2c(C)ccc(F)c2c(=O)[nH]1. The molecule has 0 saturated carbocycles. The molecular formula is C13H14FNO. The number of fused-ring (bicyclic) bond motifs is 1. The Morgan fingerprint density at radius 3 is 2.81 bits per heavy atom. The molecule has 1 aromatic carbocycles. The highest BCUT2D eigenvalue weighted by atomic mass is 19.1. The number of benzene rings is 1. The summed E-state index contributed by atoms with van der Waals surface area (Å²) in [5, 5.41) is 0.882. The molecule has 1 N–H and O–H groups in total. The summed E-state index contributed by atoms with van der Waals surface area (Å²) in [6.07, 6.45) is 1.76. The first-order valence-corrected chi connectivity index (χ1v) is 5.44. The van der Waals surface area contributed by atoms with Crippen molar-refractivity contribution in [2.75, 3.05) is 0 Å². The molecule has 0 aliphatic carbocycles. The molecular weight excluding hydrogens is 205 g/mol. The second kappa shape index (κ2) is 4.08. The maximum absolute atomic E-state index is 13.5. The van der Waals surface area contributed by atoms with Crippen LogP contribution < -0.4 is 5.56 Å². The molecule has 2 nitrogen and oxygen atoms in total. The molecule has 0 fully saturated rings. The van der Waals surface area contributed by atoms with Crippen LogP contribution in [0.15, 0.2) is 23.0 Å². The molecule has 0 atom stereocenters. The smallest absolute Gasteiger partial charge is 0.259 e. The Kier molecular flexibility index (Phi) is 2.77. The van der Waals surface area contributed by atoms with Gasteiger partial charge in [0.05, 0.1) is 5.39 Å². The summed E-state index contributed by atoms with van der Waals surface area (Å²) < 4.78 is 13.5. The van der Waals surface area contributed by atoms with Crippen molar-refractivity contribution in [2.45, 2.75) is 26.7 Å². The van der Waals surface area contributed by atoms with E-state index in [0.717, 1.165) is 24.1 Å². The quantitative estimate of drug-likeness (QED) is 0.827. The Bertz CT molecular complexity index is 586. The number of halogens is 1. The first kappa shape index (κ1) is 10.9. The van der Waals surface area contributed by atoms with Crippen molar-refractivity contribution >= 4 is 10.8 Å². The van der Waals surface area contributed by atoms with Gasteiger partial charge in [0.25, 0.3) is 5.56 Å². The van der Waals surface area contributed by atoms with Gasteiger partial charge in [0.2, 0.25) is 0 Å². The van der Waals surface area contributed by atoms with Crippen LogP contribution in [0, 0.1) is 12.7 Å². The lowest BCUT2D eigenvalue weighted by Gasteiger charge is -2.05. The van der Waals surface area contributed by atoms with Crippen molar-refractivity contribution in [3.8, 4) is 0 Å². The van der Waals surface area contributed by atoms with Gasteiger partial charge in [-0.05, 0) is 36.4 Å². The summed E-state index contributed by atoms with van der Waals surface area (Å²) in [7, 11) is 0. The number of hydrogen-bond acceptors (Lipinski definition) is 1. The molecule has 0 aliphatic heterocycles. The molecule has 0 bridgehead atoms. The normalized spacial score (nSPS) is 10.9. The minimum Gasteiger partial charge on any atom is -0.326 e. The molecule has 2 aromatic rings. The van der Waals surface area contributed by atoms with Gasteiger partial charge in [0, 0.05) is 5.69 Å². The Hall–Kier alpha value is -1.64. The lowest BCUT2D eigenvalue weighted by molar-refractivity contribution is 0.638. The molecule has 3 heteroatoms. The van der Waals surface area contributed by atoms with Crippen molar-refractivity contribution in [1.82, 2.24) is 4.98 Å². The van der Waals surface area contributed by atoms with Gasteiger partial charge in [-0.2, -0.15) is 0 Å². The van der Waals surface area contributed by atoms with Crippen molar-refractivity contribution in [2.24, 2.45) is 0 Å². The van der Waals surface area contributed by atoms with Gasteiger partial charge in [-0.25, -0.2) is 4.39 Å². The zero-order chi connectivity index (χ0) is 11.7. The molecule has 0 radical (unpaired) electrons. The van der Waals surface area contributed by atoms with Crippen LogP contribution in [0.1, 0.15) is 24.6 Å². The first-order chi connectivity index (χ1) is 7.63. The number of nitrogens with one attached hydrogen (secondary N) is 1. The summed E-state index contributed by atoms with van der Waals surface area (Å²) in [6, 6.07) is 4.91. The molecule has 0 amide bonds. The number of aromatic amines is 1. The highest BCUT2D eigenvalue weighted by Gasteiger charge is 2.08. The highest BCUT2D eigenvalue weighted by molar-refractivity contribution is 5.85. The molecule has 0 saturated heterocycles. The predicted molar refractivity (Wildman–Crippen MR) is 63.3 cm³/mol. The summed E-state index contributed by atoms with van der Waals surface area (Å²) in [5.74, 6) is -0.454. The largest absolute Gasteiger partial charge is 0.326 e. The van der Waals surface area contributed by atoms with Crippen LogP contribution in [-0.4, -0.2) is 4.98 Å². The van der Waals surface area contributed by atoms with Gasteiger partial charge >= 0.3 is 0 Å². The van der Waals surface area contributed by atoms with E-state index in [-0.39, 0.29) is 10.9 Å². The Morgan fingerprint density at radius 2 is 2.12 bits per heavy atom. The van der Waals surface area contributed by atoms with E-state index in [1.54, 1.807) is 6.07 Å². The van der Waals surface area contributed by atoms with Gasteiger partial charge in [-0.15, -0.1) is 0 Å². The van der Waals surface area contributed by atoms with E-state index in [1.807, 2.05) is 19.9 Å². The van der Waals surface area contributed by atoms with Crippen molar-refractivity contribution in [3.05, 3.63) is 45.6 Å². The number of aryl methyl sites for hydroxylation is 2. The van der Waals surface area contributed by atoms with E-state index < -0.39 is 5.82 Å².